The normalized spacial score (nSPS) is 11.4. The first-order chi connectivity index (χ1) is 8.93. The van der Waals surface area contributed by atoms with E-state index in [0.717, 1.165) is 25.0 Å². The number of carbonyl (C=O) groups excluding carboxylic acids is 1. The van der Waals surface area contributed by atoms with Crippen LogP contribution in [0.3, 0.4) is 0 Å². The van der Waals surface area contributed by atoms with Crippen molar-refractivity contribution in [2.45, 2.75) is 25.9 Å². The van der Waals surface area contributed by atoms with E-state index in [1.807, 2.05) is 6.92 Å². The van der Waals surface area contributed by atoms with E-state index in [2.05, 4.69) is 10.6 Å². The molecule has 0 fully saturated rings. The standard InChI is InChI=1S/C13H17F3N2O/c1-2-3-7-17-9-12(19)18-11-6-4-5-10(8-11)13(14,15)16/h4-6,8,17H,2-3,7,9H2,1H3,(H,18,19). The van der Waals surface area contributed by atoms with Crippen LogP contribution in [0.15, 0.2) is 24.3 Å². The van der Waals surface area contributed by atoms with Crippen LogP contribution in [-0.4, -0.2) is 19.0 Å². The van der Waals surface area contributed by atoms with Gasteiger partial charge >= 0.3 is 6.18 Å². The SMILES string of the molecule is CCCCNCC(=O)Nc1cccc(C(F)(F)F)c1. The molecule has 1 aromatic carbocycles. The van der Waals surface area contributed by atoms with E-state index < -0.39 is 11.7 Å². The van der Waals surface area contributed by atoms with E-state index in [4.69, 9.17) is 0 Å². The fourth-order valence-corrected chi connectivity index (χ4v) is 1.48. The van der Waals surface area contributed by atoms with Gasteiger partial charge in [-0.1, -0.05) is 19.4 Å². The summed E-state index contributed by atoms with van der Waals surface area (Å²) in [6.45, 7) is 2.84. The smallest absolute Gasteiger partial charge is 0.325 e. The molecule has 3 nitrogen and oxygen atoms in total. The maximum atomic E-state index is 12.5. The topological polar surface area (TPSA) is 41.1 Å². The summed E-state index contributed by atoms with van der Waals surface area (Å²) in [5.74, 6) is -0.351. The molecule has 0 saturated heterocycles. The van der Waals surface area contributed by atoms with E-state index >= 15 is 0 Å². The lowest BCUT2D eigenvalue weighted by Gasteiger charge is -2.10. The molecule has 0 aliphatic heterocycles. The second-order valence-corrected chi connectivity index (χ2v) is 4.16. The molecule has 0 bridgehead atoms. The Hall–Kier alpha value is -1.56. The number of hydrogen-bond donors (Lipinski definition) is 2. The van der Waals surface area contributed by atoms with Gasteiger partial charge in [0.05, 0.1) is 12.1 Å². The number of amides is 1. The van der Waals surface area contributed by atoms with Gasteiger partial charge in [-0.25, -0.2) is 0 Å². The Kier molecular flexibility index (Phi) is 5.82. The van der Waals surface area contributed by atoms with Crippen LogP contribution >= 0.6 is 0 Å². The third-order valence-electron chi connectivity index (χ3n) is 2.47. The molecule has 0 atom stereocenters. The molecule has 0 spiro atoms. The van der Waals surface area contributed by atoms with Gasteiger partial charge in [0.15, 0.2) is 0 Å². The molecule has 0 aliphatic carbocycles. The molecule has 1 rings (SSSR count). The van der Waals surface area contributed by atoms with Gasteiger partial charge in [0, 0.05) is 5.69 Å². The summed E-state index contributed by atoms with van der Waals surface area (Å²) in [6.07, 6.45) is -2.43. The molecule has 1 amide bonds. The zero-order chi connectivity index (χ0) is 14.3. The zero-order valence-electron chi connectivity index (χ0n) is 10.7. The van der Waals surface area contributed by atoms with Gasteiger partial charge in [-0.05, 0) is 31.2 Å². The molecular weight excluding hydrogens is 257 g/mol. The average Bonchev–Trinajstić information content (AvgIpc) is 2.34. The number of carbonyl (C=O) groups is 1. The van der Waals surface area contributed by atoms with Gasteiger partial charge in [-0.15, -0.1) is 0 Å². The van der Waals surface area contributed by atoms with Crippen LogP contribution in [0.25, 0.3) is 0 Å². The van der Waals surface area contributed by atoms with E-state index in [9.17, 15) is 18.0 Å². The van der Waals surface area contributed by atoms with Gasteiger partial charge in [0.2, 0.25) is 5.91 Å². The molecule has 0 unspecified atom stereocenters. The summed E-state index contributed by atoms with van der Waals surface area (Å²) in [5.41, 5.74) is -0.624. The van der Waals surface area contributed by atoms with Gasteiger partial charge < -0.3 is 10.6 Å². The first-order valence-electron chi connectivity index (χ1n) is 6.11. The molecule has 6 heteroatoms. The summed E-state index contributed by atoms with van der Waals surface area (Å²) in [4.78, 5) is 11.5. The fraction of sp³-hybridized carbons (Fsp3) is 0.462. The fourth-order valence-electron chi connectivity index (χ4n) is 1.48. The van der Waals surface area contributed by atoms with E-state index in [-0.39, 0.29) is 18.1 Å². The second kappa shape index (κ2) is 7.13. The van der Waals surface area contributed by atoms with Crippen molar-refractivity contribution in [3.63, 3.8) is 0 Å². The third-order valence-corrected chi connectivity index (χ3v) is 2.47. The van der Waals surface area contributed by atoms with Gasteiger partial charge in [-0.3, -0.25) is 4.79 Å². The summed E-state index contributed by atoms with van der Waals surface area (Å²) in [7, 11) is 0. The maximum absolute atomic E-state index is 12.5. The summed E-state index contributed by atoms with van der Waals surface area (Å²) >= 11 is 0. The zero-order valence-corrected chi connectivity index (χ0v) is 10.7. The molecule has 0 heterocycles. The van der Waals surface area contributed by atoms with Crippen LogP contribution in [0.4, 0.5) is 18.9 Å². The Balaban J connectivity index is 2.50. The molecule has 106 valence electrons. The molecule has 19 heavy (non-hydrogen) atoms. The monoisotopic (exact) mass is 274 g/mol. The Morgan fingerprint density at radius 1 is 1.32 bits per heavy atom. The molecule has 0 radical (unpaired) electrons. The molecule has 0 aliphatic rings. The van der Waals surface area contributed by atoms with Gasteiger partial charge in [-0.2, -0.15) is 13.2 Å². The predicted octanol–water partition coefficient (Wildman–Crippen LogP) is 3.03. The maximum Gasteiger partial charge on any atom is 0.416 e. The number of benzene rings is 1. The summed E-state index contributed by atoms with van der Waals surface area (Å²) in [5, 5.41) is 5.35. The summed E-state index contributed by atoms with van der Waals surface area (Å²) < 4.78 is 37.4. The number of nitrogens with one attached hydrogen (secondary N) is 2. The Labute approximate surface area is 110 Å². The van der Waals surface area contributed by atoms with Crippen molar-refractivity contribution < 1.29 is 18.0 Å². The molecule has 0 aromatic heterocycles. The largest absolute Gasteiger partial charge is 0.416 e. The molecular formula is C13H17F3N2O. The van der Waals surface area contributed by atoms with Crippen molar-refractivity contribution in [1.29, 1.82) is 0 Å². The van der Waals surface area contributed by atoms with Crippen molar-refractivity contribution >= 4 is 11.6 Å². The molecule has 1 aromatic rings. The lowest BCUT2D eigenvalue weighted by molar-refractivity contribution is -0.137. The lowest BCUT2D eigenvalue weighted by Crippen LogP contribution is -2.28. The Morgan fingerprint density at radius 3 is 2.68 bits per heavy atom. The third kappa shape index (κ3) is 5.74. The minimum absolute atomic E-state index is 0.0935. The highest BCUT2D eigenvalue weighted by Gasteiger charge is 2.30. The van der Waals surface area contributed by atoms with Crippen LogP contribution in [0.5, 0.6) is 0 Å². The van der Waals surface area contributed by atoms with Crippen molar-refractivity contribution in [1.82, 2.24) is 5.32 Å². The van der Waals surface area contributed by atoms with Crippen molar-refractivity contribution in [2.24, 2.45) is 0 Å². The number of anilines is 1. The first kappa shape index (κ1) is 15.5. The number of rotatable bonds is 6. The highest BCUT2D eigenvalue weighted by Crippen LogP contribution is 2.30. The molecule has 0 saturated carbocycles. The van der Waals surface area contributed by atoms with E-state index in [1.54, 1.807) is 0 Å². The average molecular weight is 274 g/mol. The Morgan fingerprint density at radius 2 is 2.05 bits per heavy atom. The van der Waals surface area contributed by atoms with Gasteiger partial charge in [0.1, 0.15) is 0 Å². The van der Waals surface area contributed by atoms with Crippen molar-refractivity contribution in [2.75, 3.05) is 18.4 Å². The van der Waals surface area contributed by atoms with Crippen molar-refractivity contribution in [3.8, 4) is 0 Å². The first-order valence-corrected chi connectivity index (χ1v) is 6.11. The predicted molar refractivity (Wildman–Crippen MR) is 67.9 cm³/mol. The van der Waals surface area contributed by atoms with Crippen LogP contribution in [0.1, 0.15) is 25.3 Å². The highest BCUT2D eigenvalue weighted by atomic mass is 19.4. The molecule has 2 N–H and O–H groups in total. The minimum Gasteiger partial charge on any atom is -0.325 e. The van der Waals surface area contributed by atoms with Crippen LogP contribution in [-0.2, 0) is 11.0 Å². The van der Waals surface area contributed by atoms with Crippen LogP contribution in [0, 0.1) is 0 Å². The second-order valence-electron chi connectivity index (χ2n) is 4.16. The van der Waals surface area contributed by atoms with Gasteiger partial charge in [0.25, 0.3) is 0 Å². The Bertz CT molecular complexity index is 419. The van der Waals surface area contributed by atoms with E-state index in [0.29, 0.717) is 6.54 Å². The van der Waals surface area contributed by atoms with Crippen LogP contribution < -0.4 is 10.6 Å². The minimum atomic E-state index is -4.40. The number of halogens is 3. The highest BCUT2D eigenvalue weighted by molar-refractivity contribution is 5.92. The van der Waals surface area contributed by atoms with E-state index in [1.165, 1.54) is 12.1 Å². The quantitative estimate of drug-likeness (QED) is 0.783. The number of hydrogen-bond acceptors (Lipinski definition) is 2. The van der Waals surface area contributed by atoms with Crippen LogP contribution in [0.2, 0.25) is 0 Å². The lowest BCUT2D eigenvalue weighted by atomic mass is 10.2. The van der Waals surface area contributed by atoms with Crippen molar-refractivity contribution in [3.05, 3.63) is 29.8 Å². The summed E-state index contributed by atoms with van der Waals surface area (Å²) in [6, 6.07) is 4.58. The number of alkyl halides is 3. The number of unbranched alkanes of at least 4 members (excludes halogenated alkanes) is 1.